The lowest BCUT2D eigenvalue weighted by Crippen LogP contribution is -2.60. The lowest BCUT2D eigenvalue weighted by atomic mass is 10.0. The number of phenols is 1. The molecule has 428 valence electrons. The minimum Gasteiger partial charge on any atom is -0.508 e. The Bertz CT molecular complexity index is 3050. The van der Waals surface area contributed by atoms with Crippen molar-refractivity contribution in [3.05, 3.63) is 102 Å². The van der Waals surface area contributed by atoms with Gasteiger partial charge in [0.25, 0.3) is 0 Å². The molecule has 0 radical (unpaired) electrons. The second kappa shape index (κ2) is 29.4. The number of aliphatic carboxylic acids is 2. The number of carbonyl (C=O) groups is 11. The summed E-state index contributed by atoms with van der Waals surface area (Å²) in [6.07, 6.45) is 0.614. The van der Waals surface area contributed by atoms with E-state index in [1.807, 2.05) is 24.3 Å². The van der Waals surface area contributed by atoms with Crippen molar-refractivity contribution in [2.45, 2.75) is 119 Å². The van der Waals surface area contributed by atoms with Crippen LogP contribution in [0.4, 0.5) is 0 Å². The van der Waals surface area contributed by atoms with Gasteiger partial charge < -0.3 is 85.4 Å². The van der Waals surface area contributed by atoms with E-state index in [4.69, 9.17) is 22.9 Å². The molecule has 27 heteroatoms. The van der Waals surface area contributed by atoms with E-state index in [9.17, 15) is 68.1 Å². The van der Waals surface area contributed by atoms with E-state index in [1.165, 1.54) is 31.2 Å². The molecule has 2 aromatic heterocycles. The number of nitrogens with one attached hydrogen (secondary N) is 9. The standard InChI is InChI=1S/C53H67N13O14/c1-27(60-49(75)41(23-43(56)68)65-50(76)39(20-28-13-15-31(67)16-14-28)64-47(73)34(55)21-29-25-58-35-10-4-2-8-32(29)35)46(72)63-40(22-30-26-59-36-11-5-3-9-33(30)36)51(77)66-42(24-44(57)69)52(78)61-37(17-18-45(70)71)48(74)62-38(53(79)80)12-6-7-19-54/h2-5,8-11,13-16,25-27,34,37-42,58-59,67H,6-7,12,17-24,54-55H2,1H3,(H2,56,68)(H2,57,69)(H,60,75)(H,61,78)(H,62,74)(H,63,72)(H,64,73)(H,65,76)(H,66,77)(H,70,71)(H,79,80)/t27-,34-,37-,38-,39-,40-,41-,42-/m0/s1. The molecule has 8 atom stereocenters. The van der Waals surface area contributed by atoms with Crippen molar-refractivity contribution in [1.82, 2.24) is 47.2 Å². The first-order valence-electron chi connectivity index (χ1n) is 25.5. The number of phenolic OH excluding ortho intramolecular Hbond substituents is 1. The van der Waals surface area contributed by atoms with Crippen molar-refractivity contribution in [1.29, 1.82) is 0 Å². The Balaban J connectivity index is 1.34. The molecule has 0 bridgehead atoms. The number of aromatic hydroxyl groups is 1. The number of aromatic nitrogens is 2. The van der Waals surface area contributed by atoms with Gasteiger partial charge in [-0.3, -0.25) is 47.9 Å². The summed E-state index contributed by atoms with van der Waals surface area (Å²) < 4.78 is 0. The minimum absolute atomic E-state index is 0.0522. The number of primary amides is 2. The number of hydrogen-bond acceptors (Lipinski definition) is 14. The molecule has 0 fully saturated rings. The maximum Gasteiger partial charge on any atom is 0.326 e. The van der Waals surface area contributed by atoms with E-state index in [1.54, 1.807) is 36.7 Å². The maximum absolute atomic E-state index is 14.3. The number of unbranched alkanes of at least 4 members (excludes halogenated alkanes) is 1. The van der Waals surface area contributed by atoms with Gasteiger partial charge in [-0.15, -0.1) is 0 Å². The second-order valence-corrected chi connectivity index (χ2v) is 19.1. The van der Waals surface area contributed by atoms with Crippen LogP contribution < -0.4 is 60.2 Å². The third kappa shape index (κ3) is 18.4. The molecule has 3 aromatic carbocycles. The number of H-pyrrole nitrogens is 2. The highest BCUT2D eigenvalue weighted by Gasteiger charge is 2.35. The van der Waals surface area contributed by atoms with Crippen molar-refractivity contribution in [3.63, 3.8) is 0 Å². The first kappa shape index (κ1) is 61.5. The van der Waals surface area contributed by atoms with Crippen LogP contribution in [0, 0.1) is 0 Å². The van der Waals surface area contributed by atoms with Crippen molar-refractivity contribution < 1.29 is 68.1 Å². The van der Waals surface area contributed by atoms with Crippen LogP contribution in [0.1, 0.15) is 68.6 Å². The number of para-hydroxylation sites is 2. The van der Waals surface area contributed by atoms with Crippen LogP contribution in [0.3, 0.4) is 0 Å². The summed E-state index contributed by atoms with van der Waals surface area (Å²) in [5, 5.41) is 47.3. The molecule has 80 heavy (non-hydrogen) atoms. The third-order valence-electron chi connectivity index (χ3n) is 12.9. The van der Waals surface area contributed by atoms with Crippen molar-refractivity contribution in [2.75, 3.05) is 6.54 Å². The van der Waals surface area contributed by atoms with Crippen molar-refractivity contribution in [2.24, 2.45) is 22.9 Å². The molecular formula is C53H67N13O14. The predicted molar refractivity (Wildman–Crippen MR) is 288 cm³/mol. The van der Waals surface area contributed by atoms with Crippen LogP contribution in [-0.4, -0.2) is 145 Å². The van der Waals surface area contributed by atoms with Crippen LogP contribution in [0.5, 0.6) is 5.75 Å². The Labute approximate surface area is 457 Å². The lowest BCUT2D eigenvalue weighted by molar-refractivity contribution is -0.143. The number of hydrogen-bond donors (Lipinski definition) is 16. The van der Waals surface area contributed by atoms with Crippen LogP contribution in [0.15, 0.2) is 85.2 Å². The van der Waals surface area contributed by atoms with Crippen molar-refractivity contribution >= 4 is 86.9 Å². The fraction of sp³-hybridized carbons (Fsp3) is 0.377. The van der Waals surface area contributed by atoms with Gasteiger partial charge in [-0.25, -0.2) is 4.79 Å². The molecule has 0 saturated heterocycles. The quantitative estimate of drug-likeness (QED) is 0.0206. The molecule has 9 amide bonds. The Morgan fingerprint density at radius 3 is 1.49 bits per heavy atom. The Kier molecular flexibility index (Phi) is 22.6. The van der Waals surface area contributed by atoms with Crippen LogP contribution >= 0.6 is 0 Å². The SMILES string of the molecule is C[C@H](NC(=O)[C@H](CC(N)=O)NC(=O)[C@H](Cc1ccc(O)cc1)NC(=O)[C@@H](N)Cc1c[nH]c2ccccc12)C(=O)N[C@@H](Cc1c[nH]c2ccccc12)C(=O)N[C@@H](CC(N)=O)C(=O)N[C@@H](CCC(=O)O)C(=O)N[C@@H](CCCCN)C(=O)O. The molecular weight excluding hydrogens is 1040 g/mol. The molecule has 2 heterocycles. The van der Waals surface area contributed by atoms with E-state index in [0.717, 1.165) is 16.5 Å². The number of aromatic amines is 2. The smallest absolute Gasteiger partial charge is 0.326 e. The van der Waals surface area contributed by atoms with E-state index in [-0.39, 0.29) is 38.0 Å². The predicted octanol–water partition coefficient (Wildman–Crippen LogP) is -2.05. The molecule has 27 nitrogen and oxygen atoms in total. The molecule has 5 rings (SSSR count). The molecule has 5 aromatic rings. The first-order valence-corrected chi connectivity index (χ1v) is 25.5. The van der Waals surface area contributed by atoms with Gasteiger partial charge in [0.05, 0.1) is 18.9 Å². The third-order valence-corrected chi connectivity index (χ3v) is 12.9. The zero-order chi connectivity index (χ0) is 58.6. The second-order valence-electron chi connectivity index (χ2n) is 19.1. The normalized spacial score (nSPS) is 14.1. The van der Waals surface area contributed by atoms with Gasteiger partial charge in [0.2, 0.25) is 53.2 Å². The number of rotatable bonds is 32. The highest BCUT2D eigenvalue weighted by molar-refractivity contribution is 6.00. The largest absolute Gasteiger partial charge is 0.508 e. The minimum atomic E-state index is -1.87. The molecule has 0 aliphatic carbocycles. The molecule has 20 N–H and O–H groups in total. The molecule has 0 unspecified atom stereocenters. The number of carboxylic acid groups (broad SMARTS) is 2. The molecule has 0 aliphatic rings. The van der Waals surface area contributed by atoms with E-state index < -0.39 is 139 Å². The maximum atomic E-state index is 14.3. The van der Waals surface area contributed by atoms with Crippen LogP contribution in [-0.2, 0) is 72.0 Å². The highest BCUT2D eigenvalue weighted by atomic mass is 16.4. The fourth-order valence-electron chi connectivity index (χ4n) is 8.59. The van der Waals surface area contributed by atoms with Gasteiger partial charge in [-0.1, -0.05) is 48.5 Å². The van der Waals surface area contributed by atoms with Gasteiger partial charge >= 0.3 is 11.9 Å². The molecule has 0 spiro atoms. The molecule has 0 aliphatic heterocycles. The van der Waals surface area contributed by atoms with E-state index >= 15 is 0 Å². The Hall–Kier alpha value is -9.37. The van der Waals surface area contributed by atoms with Gasteiger partial charge in [-0.05, 0) is 86.5 Å². The summed E-state index contributed by atoms with van der Waals surface area (Å²) in [7, 11) is 0. The number of carbonyl (C=O) groups excluding carboxylic acids is 9. The van der Waals surface area contributed by atoms with E-state index in [0.29, 0.717) is 34.9 Å². The zero-order valence-corrected chi connectivity index (χ0v) is 43.6. The number of carboxylic acids is 2. The highest BCUT2D eigenvalue weighted by Crippen LogP contribution is 2.21. The Morgan fingerprint density at radius 1 is 0.512 bits per heavy atom. The summed E-state index contributed by atoms with van der Waals surface area (Å²) in [5.41, 5.74) is 26.0. The van der Waals surface area contributed by atoms with Gasteiger partial charge in [0.1, 0.15) is 48.0 Å². The van der Waals surface area contributed by atoms with Crippen LogP contribution in [0.2, 0.25) is 0 Å². The topological polar surface area (TPSA) is 468 Å². The van der Waals surface area contributed by atoms with Crippen molar-refractivity contribution in [3.8, 4) is 5.75 Å². The average molecular weight is 1110 g/mol. The fourth-order valence-corrected chi connectivity index (χ4v) is 8.59. The number of nitrogens with two attached hydrogens (primary N) is 4. The molecule has 0 saturated carbocycles. The van der Waals surface area contributed by atoms with Gasteiger partial charge in [0, 0.05) is 53.5 Å². The summed E-state index contributed by atoms with van der Waals surface area (Å²) in [6.45, 7) is 1.45. The summed E-state index contributed by atoms with van der Waals surface area (Å²) in [4.78, 5) is 152. The van der Waals surface area contributed by atoms with Gasteiger partial charge in [-0.2, -0.15) is 0 Å². The number of benzene rings is 3. The summed E-state index contributed by atoms with van der Waals surface area (Å²) in [6, 6.07) is 7.43. The first-order chi connectivity index (χ1) is 38.0. The van der Waals surface area contributed by atoms with Crippen LogP contribution in [0.25, 0.3) is 21.8 Å². The lowest BCUT2D eigenvalue weighted by Gasteiger charge is -2.27. The van der Waals surface area contributed by atoms with E-state index in [2.05, 4.69) is 47.2 Å². The summed E-state index contributed by atoms with van der Waals surface area (Å²) >= 11 is 0. The average Bonchev–Trinajstić information content (AvgIpc) is 4.02. The zero-order valence-electron chi connectivity index (χ0n) is 43.6. The monoisotopic (exact) mass is 1110 g/mol. The Morgan fingerprint density at radius 2 is 0.963 bits per heavy atom. The number of fused-ring (bicyclic) bond motifs is 2. The van der Waals surface area contributed by atoms with Gasteiger partial charge in [0.15, 0.2) is 0 Å². The summed E-state index contributed by atoms with van der Waals surface area (Å²) in [5.74, 6) is -12.3. The number of amides is 9.